The summed E-state index contributed by atoms with van der Waals surface area (Å²) in [4.78, 5) is 13.1. The normalized spacial score (nSPS) is 44.2. The molecule has 4 aliphatic rings. The number of carbonyl (C=O) groups is 1. The number of rotatable bonds is 5. The average Bonchev–Trinajstić information content (AvgIpc) is 2.93. The van der Waals surface area contributed by atoms with Crippen molar-refractivity contribution in [1.82, 2.24) is 0 Å². The van der Waals surface area contributed by atoms with E-state index in [2.05, 4.69) is 26.0 Å². The van der Waals surface area contributed by atoms with E-state index in [0.717, 1.165) is 44.1 Å². The monoisotopic (exact) mass is 430 g/mol. The van der Waals surface area contributed by atoms with Crippen LogP contribution >= 0.6 is 0 Å². The van der Waals surface area contributed by atoms with Gasteiger partial charge in [0.2, 0.25) is 0 Å². The van der Waals surface area contributed by atoms with Crippen LogP contribution in [0, 0.1) is 28.6 Å². The van der Waals surface area contributed by atoms with Crippen LogP contribution in [0.25, 0.3) is 0 Å². The third kappa shape index (κ3) is 3.48. The molecule has 7 atom stereocenters. The lowest BCUT2D eigenvalue weighted by atomic mass is 9.46. The van der Waals surface area contributed by atoms with Crippen LogP contribution < -0.4 is 0 Å². The van der Waals surface area contributed by atoms with Crippen LogP contribution in [-0.2, 0) is 4.79 Å². The molecule has 0 spiro atoms. The molecule has 3 N–H and O–H groups in total. The minimum atomic E-state index is -1.02. The Morgan fingerprint density at radius 3 is 2.42 bits per heavy atom. The minimum absolute atomic E-state index is 0.0273. The number of allylic oxidation sites excluding steroid dienone is 3. The van der Waals surface area contributed by atoms with Crippen molar-refractivity contribution in [1.29, 1.82) is 0 Å². The van der Waals surface area contributed by atoms with Crippen LogP contribution in [0.15, 0.2) is 23.8 Å². The van der Waals surface area contributed by atoms with E-state index in [1.54, 1.807) is 19.9 Å². The Balaban J connectivity index is 1.63. The lowest BCUT2D eigenvalue weighted by molar-refractivity contribution is -0.144. The fraction of sp³-hybridized carbons (Fsp3) is 0.815. The number of aliphatic hydroxyl groups is 3. The van der Waals surface area contributed by atoms with E-state index in [4.69, 9.17) is 0 Å². The summed E-state index contributed by atoms with van der Waals surface area (Å²) >= 11 is 0. The molecule has 0 aliphatic heterocycles. The first kappa shape index (κ1) is 23.2. The molecule has 0 aromatic rings. The number of hydrogen-bond acceptors (Lipinski definition) is 4. The highest BCUT2D eigenvalue weighted by Crippen LogP contribution is 2.68. The maximum Gasteiger partial charge on any atom is 0.159 e. The number of hydrogen-bond donors (Lipinski definition) is 3. The molecule has 0 saturated heterocycles. The minimum Gasteiger partial charge on any atom is -0.390 e. The zero-order chi connectivity index (χ0) is 22.9. The first-order chi connectivity index (χ1) is 14.2. The van der Waals surface area contributed by atoms with Gasteiger partial charge in [0.25, 0.3) is 0 Å². The van der Waals surface area contributed by atoms with Crippen molar-refractivity contribution >= 4 is 5.78 Å². The molecule has 0 bridgehead atoms. The van der Waals surface area contributed by atoms with Gasteiger partial charge in [0, 0.05) is 11.3 Å². The van der Waals surface area contributed by atoms with Gasteiger partial charge in [0.05, 0.1) is 16.8 Å². The molecule has 0 heterocycles. The maximum absolute atomic E-state index is 13.1. The first-order valence-corrected chi connectivity index (χ1v) is 12.3. The third-order valence-corrected chi connectivity index (χ3v) is 9.87. The summed E-state index contributed by atoms with van der Waals surface area (Å²) in [6, 6.07) is 0. The summed E-state index contributed by atoms with van der Waals surface area (Å²) in [5.74, 6) is 0.412. The molecule has 2 fully saturated rings. The predicted octanol–water partition coefficient (Wildman–Crippen LogP) is 4.72. The Kier molecular flexibility index (Phi) is 5.44. The second kappa shape index (κ2) is 7.27. The lowest BCUT2D eigenvalue weighted by Crippen LogP contribution is -2.60. The fourth-order valence-corrected chi connectivity index (χ4v) is 8.01. The Morgan fingerprint density at radius 1 is 1.03 bits per heavy atom. The first-order valence-electron chi connectivity index (χ1n) is 12.3. The van der Waals surface area contributed by atoms with Crippen molar-refractivity contribution in [3.63, 3.8) is 0 Å². The molecule has 0 amide bonds. The van der Waals surface area contributed by atoms with Crippen LogP contribution in [0.5, 0.6) is 0 Å². The van der Waals surface area contributed by atoms with Crippen molar-refractivity contribution in [3.05, 3.63) is 23.8 Å². The molecule has 0 aromatic heterocycles. The van der Waals surface area contributed by atoms with Gasteiger partial charge in [-0.05, 0) is 107 Å². The van der Waals surface area contributed by atoms with E-state index in [1.807, 2.05) is 6.92 Å². The highest BCUT2D eigenvalue weighted by molar-refractivity contribution is 5.95. The second-order valence-electron chi connectivity index (χ2n) is 12.5. The SMILES string of the molecule is CC(C)(O)CCC[C@](C)(O)C1CC[C@@]2(O)C3=CC(=O)C4CC=CCC4(C)C3CCC12C. The standard InChI is InChI=1S/C27H42O4/c1-23(2,29)12-8-14-26(5,30)22-11-16-27(31)20-17-21(28)19-9-6-7-13-24(19,3)18(20)10-15-25(22,27)4/h6-7,17-19,22,29-31H,8-16H2,1-5H3/t18?,19?,22?,24?,25?,26-,27+/m0/s1. The average molecular weight is 431 g/mol. The highest BCUT2D eigenvalue weighted by atomic mass is 16.3. The van der Waals surface area contributed by atoms with Gasteiger partial charge in [-0.15, -0.1) is 0 Å². The largest absolute Gasteiger partial charge is 0.390 e. The molecule has 2 saturated carbocycles. The summed E-state index contributed by atoms with van der Waals surface area (Å²) in [6.07, 6.45) is 13.1. The summed E-state index contributed by atoms with van der Waals surface area (Å²) < 4.78 is 0. The molecular weight excluding hydrogens is 388 g/mol. The van der Waals surface area contributed by atoms with E-state index in [9.17, 15) is 20.1 Å². The van der Waals surface area contributed by atoms with Gasteiger partial charge in [-0.25, -0.2) is 0 Å². The predicted molar refractivity (Wildman–Crippen MR) is 122 cm³/mol. The second-order valence-corrected chi connectivity index (χ2v) is 12.5. The van der Waals surface area contributed by atoms with Gasteiger partial charge in [-0.3, -0.25) is 4.79 Å². The summed E-state index contributed by atoms with van der Waals surface area (Å²) in [5, 5.41) is 33.8. The highest BCUT2D eigenvalue weighted by Gasteiger charge is 2.67. The molecule has 4 heteroatoms. The van der Waals surface area contributed by atoms with E-state index < -0.39 is 22.2 Å². The van der Waals surface area contributed by atoms with E-state index in [1.165, 1.54) is 0 Å². The topological polar surface area (TPSA) is 77.8 Å². The van der Waals surface area contributed by atoms with Crippen LogP contribution in [0.2, 0.25) is 0 Å². The molecule has 0 aromatic carbocycles. The quantitative estimate of drug-likeness (QED) is 0.552. The zero-order valence-electron chi connectivity index (χ0n) is 20.1. The summed E-state index contributed by atoms with van der Waals surface area (Å²) in [6.45, 7) is 9.92. The smallest absolute Gasteiger partial charge is 0.159 e. The number of ketones is 1. The molecule has 5 unspecified atom stereocenters. The molecule has 174 valence electrons. The van der Waals surface area contributed by atoms with Crippen LogP contribution in [0.3, 0.4) is 0 Å². The van der Waals surface area contributed by atoms with E-state index in [-0.39, 0.29) is 29.0 Å². The third-order valence-electron chi connectivity index (χ3n) is 9.87. The van der Waals surface area contributed by atoms with E-state index in [0.29, 0.717) is 19.3 Å². The number of carbonyl (C=O) groups excluding carboxylic acids is 1. The lowest BCUT2D eigenvalue weighted by Gasteiger charge is -2.59. The number of fused-ring (bicyclic) bond motifs is 5. The Morgan fingerprint density at radius 2 is 1.74 bits per heavy atom. The molecule has 4 aliphatic carbocycles. The molecule has 4 nitrogen and oxygen atoms in total. The van der Waals surface area contributed by atoms with Crippen molar-refractivity contribution in [3.8, 4) is 0 Å². The Hall–Kier alpha value is -0.970. The molecule has 0 radical (unpaired) electrons. The van der Waals surface area contributed by atoms with Gasteiger partial charge < -0.3 is 15.3 Å². The van der Waals surface area contributed by atoms with Crippen LogP contribution in [0.4, 0.5) is 0 Å². The molecular formula is C27H42O4. The molecule has 4 rings (SSSR count). The summed E-state index contributed by atoms with van der Waals surface area (Å²) in [5.41, 5.74) is -2.26. The van der Waals surface area contributed by atoms with E-state index >= 15 is 0 Å². The van der Waals surface area contributed by atoms with Gasteiger partial charge >= 0.3 is 0 Å². The van der Waals surface area contributed by atoms with Crippen molar-refractivity contribution in [2.45, 2.75) is 109 Å². The zero-order valence-corrected chi connectivity index (χ0v) is 20.1. The van der Waals surface area contributed by atoms with Crippen molar-refractivity contribution in [2.24, 2.45) is 28.6 Å². The Labute approximate surface area is 187 Å². The fourth-order valence-electron chi connectivity index (χ4n) is 8.01. The van der Waals surface area contributed by atoms with Gasteiger partial charge in [-0.1, -0.05) is 26.0 Å². The molecule has 31 heavy (non-hydrogen) atoms. The van der Waals surface area contributed by atoms with Crippen molar-refractivity contribution in [2.75, 3.05) is 0 Å². The van der Waals surface area contributed by atoms with Crippen LogP contribution in [-0.4, -0.2) is 37.9 Å². The van der Waals surface area contributed by atoms with Crippen LogP contribution in [0.1, 0.15) is 92.4 Å². The van der Waals surface area contributed by atoms with Gasteiger partial charge in [0.15, 0.2) is 5.78 Å². The van der Waals surface area contributed by atoms with Gasteiger partial charge in [-0.2, -0.15) is 0 Å². The van der Waals surface area contributed by atoms with Gasteiger partial charge in [0.1, 0.15) is 0 Å². The maximum atomic E-state index is 13.1. The Bertz CT molecular complexity index is 803. The van der Waals surface area contributed by atoms with Crippen molar-refractivity contribution < 1.29 is 20.1 Å². The summed E-state index contributed by atoms with van der Waals surface area (Å²) in [7, 11) is 0.